The number of carbonyl (C=O) groups excluding carboxylic acids is 2. The van der Waals surface area contributed by atoms with E-state index in [9.17, 15) is 9.59 Å². The van der Waals surface area contributed by atoms with Crippen molar-refractivity contribution < 1.29 is 19.1 Å². The molecule has 3 aromatic rings. The maximum Gasteiger partial charge on any atom is 0.331 e. The van der Waals surface area contributed by atoms with Gasteiger partial charge in [-0.05, 0) is 30.7 Å². The van der Waals surface area contributed by atoms with Crippen LogP contribution in [-0.2, 0) is 14.3 Å². The Bertz CT molecular complexity index is 1030. The molecule has 1 atom stereocenters. The zero-order valence-corrected chi connectivity index (χ0v) is 16.9. The number of ether oxygens (including phenoxy) is 2. The molecule has 152 valence electrons. The SMILES string of the molecule is COc1cccc(NC(=O)C(OC(=O)C=Cc2ccc(C)cc2)c2ccccc2)c1. The summed E-state index contributed by atoms with van der Waals surface area (Å²) in [5.41, 5.74) is 3.13. The number of methoxy groups -OCH3 is 1. The van der Waals surface area contributed by atoms with E-state index in [0.717, 1.165) is 11.1 Å². The standard InChI is InChI=1S/C25H23NO4/c1-18-11-13-19(14-12-18)15-16-23(27)30-24(20-7-4-3-5-8-20)25(28)26-21-9-6-10-22(17-21)29-2/h3-17,24H,1-2H3,(H,26,28). The van der Waals surface area contributed by atoms with Crippen LogP contribution in [0.4, 0.5) is 5.69 Å². The third kappa shape index (κ3) is 5.82. The topological polar surface area (TPSA) is 64.6 Å². The van der Waals surface area contributed by atoms with E-state index in [-0.39, 0.29) is 0 Å². The first-order valence-corrected chi connectivity index (χ1v) is 9.50. The van der Waals surface area contributed by atoms with Crippen molar-refractivity contribution in [2.24, 2.45) is 0 Å². The summed E-state index contributed by atoms with van der Waals surface area (Å²) < 4.78 is 10.7. The second-order valence-corrected chi connectivity index (χ2v) is 6.69. The van der Waals surface area contributed by atoms with Gasteiger partial charge in [-0.2, -0.15) is 0 Å². The van der Waals surface area contributed by atoms with Crippen LogP contribution in [0.2, 0.25) is 0 Å². The predicted molar refractivity (Wildman–Crippen MR) is 117 cm³/mol. The van der Waals surface area contributed by atoms with E-state index in [4.69, 9.17) is 9.47 Å². The lowest BCUT2D eigenvalue weighted by Crippen LogP contribution is -2.25. The molecular weight excluding hydrogens is 378 g/mol. The van der Waals surface area contributed by atoms with Crippen molar-refractivity contribution in [2.45, 2.75) is 13.0 Å². The molecule has 5 nitrogen and oxygen atoms in total. The van der Waals surface area contributed by atoms with E-state index < -0.39 is 18.0 Å². The number of aryl methyl sites for hydroxylation is 1. The van der Waals surface area contributed by atoms with Crippen molar-refractivity contribution in [1.82, 2.24) is 0 Å². The number of benzene rings is 3. The number of nitrogens with one attached hydrogen (secondary N) is 1. The van der Waals surface area contributed by atoms with Gasteiger partial charge in [0.05, 0.1) is 7.11 Å². The smallest absolute Gasteiger partial charge is 0.331 e. The normalized spacial score (nSPS) is 11.7. The van der Waals surface area contributed by atoms with Crippen LogP contribution in [0.25, 0.3) is 6.08 Å². The van der Waals surface area contributed by atoms with Gasteiger partial charge in [-0.25, -0.2) is 4.79 Å². The van der Waals surface area contributed by atoms with Gasteiger partial charge < -0.3 is 14.8 Å². The van der Waals surface area contributed by atoms with E-state index in [1.165, 1.54) is 6.08 Å². The summed E-state index contributed by atoms with van der Waals surface area (Å²) in [6, 6.07) is 23.6. The molecular formula is C25H23NO4. The van der Waals surface area contributed by atoms with Gasteiger partial charge in [0, 0.05) is 23.4 Å². The molecule has 0 radical (unpaired) electrons. The average molecular weight is 401 g/mol. The second-order valence-electron chi connectivity index (χ2n) is 6.69. The molecule has 0 aliphatic rings. The molecule has 0 aliphatic heterocycles. The molecule has 5 heteroatoms. The summed E-state index contributed by atoms with van der Waals surface area (Å²) in [7, 11) is 1.55. The molecule has 30 heavy (non-hydrogen) atoms. The highest BCUT2D eigenvalue weighted by Gasteiger charge is 2.24. The monoisotopic (exact) mass is 401 g/mol. The number of hydrogen-bond acceptors (Lipinski definition) is 4. The van der Waals surface area contributed by atoms with Gasteiger partial charge in [-0.3, -0.25) is 4.79 Å². The number of anilines is 1. The van der Waals surface area contributed by atoms with Crippen LogP contribution in [0.1, 0.15) is 22.8 Å². The third-order valence-corrected chi connectivity index (χ3v) is 4.40. The van der Waals surface area contributed by atoms with Crippen LogP contribution in [0.15, 0.2) is 84.9 Å². The van der Waals surface area contributed by atoms with Crippen molar-refractivity contribution in [3.63, 3.8) is 0 Å². The maximum atomic E-state index is 12.9. The van der Waals surface area contributed by atoms with E-state index in [1.807, 2.05) is 37.3 Å². The highest BCUT2D eigenvalue weighted by Crippen LogP contribution is 2.22. The molecule has 3 aromatic carbocycles. The van der Waals surface area contributed by atoms with E-state index in [1.54, 1.807) is 61.7 Å². The fraction of sp³-hybridized carbons (Fsp3) is 0.120. The molecule has 0 saturated heterocycles. The minimum absolute atomic E-state index is 0.452. The van der Waals surface area contributed by atoms with Gasteiger partial charge >= 0.3 is 5.97 Å². The van der Waals surface area contributed by atoms with Crippen LogP contribution in [0.3, 0.4) is 0 Å². The number of amides is 1. The summed E-state index contributed by atoms with van der Waals surface area (Å²) in [5.74, 6) is -0.446. The maximum absolute atomic E-state index is 12.9. The lowest BCUT2D eigenvalue weighted by Gasteiger charge is -2.17. The lowest BCUT2D eigenvalue weighted by molar-refractivity contribution is -0.149. The zero-order chi connectivity index (χ0) is 21.3. The largest absolute Gasteiger partial charge is 0.497 e. The second kappa shape index (κ2) is 10.1. The molecule has 0 saturated carbocycles. The minimum atomic E-state index is -1.09. The van der Waals surface area contributed by atoms with Gasteiger partial charge in [0.2, 0.25) is 6.10 Å². The van der Waals surface area contributed by atoms with Crippen LogP contribution in [0.5, 0.6) is 5.75 Å². The predicted octanol–water partition coefficient (Wildman–Crippen LogP) is 4.94. The Morgan fingerprint density at radius 1 is 0.933 bits per heavy atom. The Labute approximate surface area is 176 Å². The minimum Gasteiger partial charge on any atom is -0.497 e. The highest BCUT2D eigenvalue weighted by atomic mass is 16.5. The zero-order valence-electron chi connectivity index (χ0n) is 16.9. The van der Waals surface area contributed by atoms with Crippen molar-refractivity contribution in [2.75, 3.05) is 12.4 Å². The summed E-state index contributed by atoms with van der Waals surface area (Å²) in [5, 5.41) is 2.78. The highest BCUT2D eigenvalue weighted by molar-refractivity contribution is 5.97. The molecule has 3 rings (SSSR count). The molecule has 0 heterocycles. The third-order valence-electron chi connectivity index (χ3n) is 4.40. The number of rotatable bonds is 7. The summed E-state index contributed by atoms with van der Waals surface area (Å²) >= 11 is 0. The fourth-order valence-corrected chi connectivity index (χ4v) is 2.81. The van der Waals surface area contributed by atoms with Gasteiger partial charge in [0.25, 0.3) is 5.91 Å². The molecule has 0 bridgehead atoms. The number of carbonyl (C=O) groups is 2. The summed E-state index contributed by atoms with van der Waals surface area (Å²) in [6.07, 6.45) is 1.89. The van der Waals surface area contributed by atoms with E-state index in [2.05, 4.69) is 5.32 Å². The lowest BCUT2D eigenvalue weighted by atomic mass is 10.1. The van der Waals surface area contributed by atoms with Crippen molar-refractivity contribution in [3.8, 4) is 5.75 Å². The summed E-state index contributed by atoms with van der Waals surface area (Å²) in [6.45, 7) is 1.99. The first-order valence-electron chi connectivity index (χ1n) is 9.50. The van der Waals surface area contributed by atoms with Crippen LogP contribution in [-0.4, -0.2) is 19.0 Å². The van der Waals surface area contributed by atoms with E-state index >= 15 is 0 Å². The van der Waals surface area contributed by atoms with Crippen LogP contribution >= 0.6 is 0 Å². The molecule has 0 aromatic heterocycles. The van der Waals surface area contributed by atoms with Gasteiger partial charge in [0.15, 0.2) is 0 Å². The van der Waals surface area contributed by atoms with Crippen LogP contribution in [0, 0.1) is 6.92 Å². The number of hydrogen-bond donors (Lipinski definition) is 1. The van der Waals surface area contributed by atoms with Crippen molar-refractivity contribution in [3.05, 3.63) is 102 Å². The molecule has 1 N–H and O–H groups in total. The van der Waals surface area contributed by atoms with Crippen molar-refractivity contribution in [1.29, 1.82) is 0 Å². The Balaban J connectivity index is 1.76. The molecule has 1 unspecified atom stereocenters. The number of esters is 1. The first kappa shape index (κ1) is 20.9. The van der Waals surface area contributed by atoms with Gasteiger partial charge in [-0.15, -0.1) is 0 Å². The van der Waals surface area contributed by atoms with Crippen molar-refractivity contribution >= 4 is 23.6 Å². The van der Waals surface area contributed by atoms with Gasteiger partial charge in [0.1, 0.15) is 5.75 Å². The fourth-order valence-electron chi connectivity index (χ4n) is 2.81. The quantitative estimate of drug-likeness (QED) is 0.450. The Kier molecular flexibility index (Phi) is 7.00. The molecule has 1 amide bonds. The molecule has 0 spiro atoms. The summed E-state index contributed by atoms with van der Waals surface area (Å²) in [4.78, 5) is 25.3. The van der Waals surface area contributed by atoms with Gasteiger partial charge in [-0.1, -0.05) is 66.2 Å². The molecule has 0 aliphatic carbocycles. The Hall–Kier alpha value is -3.86. The van der Waals surface area contributed by atoms with E-state index in [0.29, 0.717) is 17.0 Å². The Morgan fingerprint density at radius 3 is 2.37 bits per heavy atom. The molecule has 0 fully saturated rings. The first-order chi connectivity index (χ1) is 14.5. The Morgan fingerprint density at radius 2 is 1.67 bits per heavy atom. The average Bonchev–Trinajstić information content (AvgIpc) is 2.77. The van der Waals surface area contributed by atoms with Crippen LogP contribution < -0.4 is 10.1 Å².